The highest BCUT2D eigenvalue weighted by Crippen LogP contribution is 2.44. The summed E-state index contributed by atoms with van der Waals surface area (Å²) in [7, 11) is -2.83. The van der Waals surface area contributed by atoms with Gasteiger partial charge >= 0.3 is 0 Å². The number of sulfone groups is 1. The maximum atomic E-state index is 12.1. The summed E-state index contributed by atoms with van der Waals surface area (Å²) < 4.78 is 24.2. The van der Waals surface area contributed by atoms with Crippen LogP contribution in [0.3, 0.4) is 0 Å². The van der Waals surface area contributed by atoms with Crippen LogP contribution in [0.15, 0.2) is 0 Å². The van der Waals surface area contributed by atoms with Gasteiger partial charge in [-0.05, 0) is 56.3 Å². The van der Waals surface area contributed by atoms with Gasteiger partial charge in [0.05, 0.1) is 11.5 Å². The van der Waals surface area contributed by atoms with Crippen LogP contribution in [-0.4, -0.2) is 32.5 Å². The Balaban J connectivity index is 1.40. The molecule has 4 heteroatoms. The lowest BCUT2D eigenvalue weighted by Crippen LogP contribution is -2.37. The fraction of sp³-hybridized carbons (Fsp3) is 1.00. The Kier molecular flexibility index (Phi) is 4.18. The molecule has 3 saturated carbocycles. The van der Waals surface area contributed by atoms with Crippen LogP contribution in [-0.2, 0) is 9.84 Å². The van der Waals surface area contributed by atoms with E-state index >= 15 is 0 Å². The highest BCUT2D eigenvalue weighted by atomic mass is 32.2. The van der Waals surface area contributed by atoms with Crippen LogP contribution >= 0.6 is 0 Å². The van der Waals surface area contributed by atoms with Crippen molar-refractivity contribution in [3.8, 4) is 0 Å². The van der Waals surface area contributed by atoms with E-state index in [0.29, 0.717) is 30.0 Å². The van der Waals surface area contributed by atoms with Crippen LogP contribution in [0.1, 0.15) is 51.4 Å². The minimum absolute atomic E-state index is 0.347. The number of hydrogen-bond acceptors (Lipinski definition) is 3. The summed E-state index contributed by atoms with van der Waals surface area (Å²) in [5, 5.41) is 3.55. The van der Waals surface area contributed by atoms with Crippen LogP contribution in [0.2, 0.25) is 0 Å². The molecule has 3 aliphatic carbocycles. The number of nitrogens with one attached hydrogen (secondary N) is 1. The second-order valence-corrected chi connectivity index (χ2v) is 9.15. The molecule has 0 aromatic heterocycles. The Morgan fingerprint density at radius 3 is 2.05 bits per heavy atom. The zero-order chi connectivity index (χ0) is 13.3. The Bertz CT molecular complexity index is 380. The van der Waals surface area contributed by atoms with Crippen molar-refractivity contribution in [1.82, 2.24) is 5.32 Å². The van der Waals surface area contributed by atoms with Gasteiger partial charge < -0.3 is 5.32 Å². The molecule has 0 aromatic carbocycles. The SMILES string of the molecule is O=S(=O)(CCNC(C1CC1)C1CC1)CC1CCCC1. The third kappa shape index (κ3) is 4.19. The second-order valence-electron chi connectivity index (χ2n) is 6.92. The highest BCUT2D eigenvalue weighted by Gasteiger charge is 2.41. The molecule has 0 radical (unpaired) electrons. The van der Waals surface area contributed by atoms with Gasteiger partial charge in [0.2, 0.25) is 0 Å². The molecule has 0 heterocycles. The van der Waals surface area contributed by atoms with Gasteiger partial charge in [0.1, 0.15) is 0 Å². The van der Waals surface area contributed by atoms with E-state index in [-0.39, 0.29) is 0 Å². The maximum Gasteiger partial charge on any atom is 0.151 e. The first kappa shape index (κ1) is 13.9. The van der Waals surface area contributed by atoms with E-state index in [1.165, 1.54) is 38.5 Å². The Morgan fingerprint density at radius 1 is 0.947 bits per heavy atom. The molecule has 0 aromatic rings. The molecule has 3 rings (SSSR count). The van der Waals surface area contributed by atoms with Crippen LogP contribution in [0.4, 0.5) is 0 Å². The predicted octanol–water partition coefficient (Wildman–Crippen LogP) is 2.37. The molecule has 0 atom stereocenters. The van der Waals surface area contributed by atoms with Gasteiger partial charge in [0, 0.05) is 12.6 Å². The molecule has 0 spiro atoms. The molecule has 3 fully saturated rings. The van der Waals surface area contributed by atoms with Crippen molar-refractivity contribution >= 4 is 9.84 Å². The van der Waals surface area contributed by atoms with E-state index < -0.39 is 9.84 Å². The van der Waals surface area contributed by atoms with Gasteiger partial charge in [0.25, 0.3) is 0 Å². The average molecular weight is 285 g/mol. The fourth-order valence-corrected chi connectivity index (χ4v) is 5.28. The first-order valence-corrected chi connectivity index (χ1v) is 9.90. The van der Waals surface area contributed by atoms with Crippen molar-refractivity contribution in [1.29, 1.82) is 0 Å². The summed E-state index contributed by atoms with van der Waals surface area (Å²) in [6.45, 7) is 0.673. The standard InChI is InChI=1S/C15H27NO2S/c17-19(18,11-12-3-1-2-4-12)10-9-16-15(13-5-6-13)14-7-8-14/h12-16H,1-11H2. The topological polar surface area (TPSA) is 46.2 Å². The molecule has 0 aliphatic heterocycles. The summed E-state index contributed by atoms with van der Waals surface area (Å²) in [5.74, 6) is 2.94. The summed E-state index contributed by atoms with van der Waals surface area (Å²) in [6, 6.07) is 0.627. The lowest BCUT2D eigenvalue weighted by molar-refractivity contribution is 0.427. The molecular weight excluding hydrogens is 258 g/mol. The predicted molar refractivity (Wildman–Crippen MR) is 77.9 cm³/mol. The van der Waals surface area contributed by atoms with Gasteiger partial charge in [-0.2, -0.15) is 0 Å². The smallest absolute Gasteiger partial charge is 0.151 e. The Hall–Kier alpha value is -0.0900. The fourth-order valence-electron chi connectivity index (χ4n) is 3.63. The molecule has 0 unspecified atom stereocenters. The Morgan fingerprint density at radius 2 is 1.53 bits per heavy atom. The minimum Gasteiger partial charge on any atom is -0.312 e. The van der Waals surface area contributed by atoms with Crippen molar-refractivity contribution in [2.75, 3.05) is 18.1 Å². The average Bonchev–Trinajstić information content (AvgIpc) is 3.26. The van der Waals surface area contributed by atoms with Crippen molar-refractivity contribution < 1.29 is 8.42 Å². The minimum atomic E-state index is -2.83. The molecule has 110 valence electrons. The van der Waals surface area contributed by atoms with Crippen LogP contribution in [0.5, 0.6) is 0 Å². The van der Waals surface area contributed by atoms with Crippen LogP contribution in [0.25, 0.3) is 0 Å². The quantitative estimate of drug-likeness (QED) is 0.745. The second kappa shape index (κ2) is 5.72. The summed E-state index contributed by atoms with van der Waals surface area (Å²) >= 11 is 0. The van der Waals surface area contributed by atoms with Crippen molar-refractivity contribution in [2.24, 2.45) is 17.8 Å². The number of hydrogen-bond donors (Lipinski definition) is 1. The zero-order valence-electron chi connectivity index (χ0n) is 11.8. The molecule has 0 bridgehead atoms. The van der Waals surface area contributed by atoms with Crippen molar-refractivity contribution in [2.45, 2.75) is 57.4 Å². The van der Waals surface area contributed by atoms with E-state index in [9.17, 15) is 8.42 Å². The molecule has 3 nitrogen and oxygen atoms in total. The molecular formula is C15H27NO2S. The van der Waals surface area contributed by atoms with Crippen LogP contribution < -0.4 is 5.32 Å². The molecule has 0 saturated heterocycles. The van der Waals surface area contributed by atoms with Gasteiger partial charge in [-0.15, -0.1) is 0 Å². The van der Waals surface area contributed by atoms with E-state index in [0.717, 1.165) is 24.7 Å². The normalized spacial score (nSPS) is 25.3. The van der Waals surface area contributed by atoms with Gasteiger partial charge in [-0.3, -0.25) is 0 Å². The lowest BCUT2D eigenvalue weighted by atomic mass is 10.1. The van der Waals surface area contributed by atoms with Gasteiger partial charge in [-0.1, -0.05) is 12.8 Å². The lowest BCUT2D eigenvalue weighted by Gasteiger charge is -2.18. The molecule has 1 N–H and O–H groups in total. The van der Waals surface area contributed by atoms with E-state index in [1.54, 1.807) is 0 Å². The summed E-state index contributed by atoms with van der Waals surface area (Å²) in [6.07, 6.45) is 10.1. The molecule has 0 amide bonds. The van der Waals surface area contributed by atoms with E-state index in [4.69, 9.17) is 0 Å². The van der Waals surface area contributed by atoms with Crippen molar-refractivity contribution in [3.05, 3.63) is 0 Å². The highest BCUT2D eigenvalue weighted by molar-refractivity contribution is 7.91. The molecule has 3 aliphatic rings. The molecule has 19 heavy (non-hydrogen) atoms. The summed E-state index contributed by atoms with van der Waals surface area (Å²) in [4.78, 5) is 0. The number of rotatable bonds is 8. The third-order valence-electron chi connectivity index (χ3n) is 5.02. The Labute approximate surface area is 117 Å². The van der Waals surface area contributed by atoms with Crippen molar-refractivity contribution in [3.63, 3.8) is 0 Å². The largest absolute Gasteiger partial charge is 0.312 e. The third-order valence-corrected chi connectivity index (χ3v) is 6.82. The maximum absolute atomic E-state index is 12.1. The van der Waals surface area contributed by atoms with E-state index in [2.05, 4.69) is 5.32 Å². The monoisotopic (exact) mass is 285 g/mol. The first-order chi connectivity index (χ1) is 9.14. The van der Waals surface area contributed by atoms with E-state index in [1.807, 2.05) is 0 Å². The summed E-state index contributed by atoms with van der Waals surface area (Å²) in [5.41, 5.74) is 0. The first-order valence-electron chi connectivity index (χ1n) is 8.08. The zero-order valence-corrected chi connectivity index (χ0v) is 12.6. The van der Waals surface area contributed by atoms with Gasteiger partial charge in [0.15, 0.2) is 9.84 Å². The van der Waals surface area contributed by atoms with Crippen LogP contribution in [0, 0.1) is 17.8 Å². The van der Waals surface area contributed by atoms with Gasteiger partial charge in [-0.25, -0.2) is 8.42 Å².